The van der Waals surface area contributed by atoms with Crippen LogP contribution in [0.1, 0.15) is 73.1 Å². The number of ether oxygens (including phenoxy) is 1. The van der Waals surface area contributed by atoms with Gasteiger partial charge in [0.15, 0.2) is 0 Å². The molecule has 3 heteroatoms. The van der Waals surface area contributed by atoms with Crippen molar-refractivity contribution in [3.05, 3.63) is 46.6 Å². The van der Waals surface area contributed by atoms with Crippen LogP contribution in [0.15, 0.2) is 46.6 Å². The molecule has 0 atom stereocenters. The third-order valence-corrected chi connectivity index (χ3v) is 3.85. The van der Waals surface area contributed by atoms with Crippen LogP contribution in [0.2, 0.25) is 0 Å². The third kappa shape index (κ3) is 15.4. The van der Waals surface area contributed by atoms with E-state index in [1.807, 2.05) is 0 Å². The van der Waals surface area contributed by atoms with E-state index in [9.17, 15) is 9.59 Å². The molecule has 0 bridgehead atoms. The molecule has 0 amide bonds. The summed E-state index contributed by atoms with van der Waals surface area (Å²) in [5, 5.41) is 0. The fourth-order valence-corrected chi connectivity index (χ4v) is 2.34. The van der Waals surface area contributed by atoms with Crippen molar-refractivity contribution >= 4 is 12.3 Å². The molecule has 0 saturated carbocycles. The van der Waals surface area contributed by atoms with Gasteiger partial charge in [-0.05, 0) is 77.9 Å². The molecule has 0 unspecified atom stereocenters. The molecule has 0 aliphatic rings. The second-order valence-corrected chi connectivity index (χ2v) is 6.74. The molecule has 0 heterocycles. The molecule has 25 heavy (non-hydrogen) atoms. The molecule has 0 saturated heterocycles. The highest BCUT2D eigenvalue weighted by atomic mass is 16.5. The Balaban J connectivity index is 4.18. The van der Waals surface area contributed by atoms with E-state index in [0.717, 1.165) is 50.4 Å². The second kappa shape index (κ2) is 14.4. The van der Waals surface area contributed by atoms with Crippen LogP contribution in [0.4, 0.5) is 0 Å². The number of rotatable bonds is 12. The van der Waals surface area contributed by atoms with E-state index in [1.165, 1.54) is 29.7 Å². The lowest BCUT2D eigenvalue weighted by molar-refractivity contribution is -0.140. The average molecular weight is 347 g/mol. The van der Waals surface area contributed by atoms with Gasteiger partial charge in [-0.1, -0.05) is 34.9 Å². The number of aldehydes is 1. The van der Waals surface area contributed by atoms with Crippen molar-refractivity contribution < 1.29 is 14.3 Å². The van der Waals surface area contributed by atoms with Crippen molar-refractivity contribution in [3.63, 3.8) is 0 Å². The van der Waals surface area contributed by atoms with Crippen LogP contribution in [0.25, 0.3) is 0 Å². The van der Waals surface area contributed by atoms with Gasteiger partial charge in [0, 0.05) is 6.92 Å². The van der Waals surface area contributed by atoms with E-state index >= 15 is 0 Å². The van der Waals surface area contributed by atoms with E-state index in [1.54, 1.807) is 0 Å². The van der Waals surface area contributed by atoms with Crippen molar-refractivity contribution in [2.75, 3.05) is 6.61 Å². The Kier molecular flexibility index (Phi) is 13.3. The first kappa shape index (κ1) is 23.1. The highest BCUT2D eigenvalue weighted by molar-refractivity contribution is 5.68. The average Bonchev–Trinajstić information content (AvgIpc) is 2.52. The number of hydrogen-bond donors (Lipinski definition) is 0. The Labute approximate surface area is 153 Å². The van der Waals surface area contributed by atoms with Crippen molar-refractivity contribution in [1.29, 1.82) is 0 Å². The Morgan fingerprint density at radius 2 is 1.32 bits per heavy atom. The Bertz CT molecular complexity index is 529. The third-order valence-electron chi connectivity index (χ3n) is 3.85. The van der Waals surface area contributed by atoms with Crippen LogP contribution in [0.5, 0.6) is 0 Å². The van der Waals surface area contributed by atoms with Gasteiger partial charge in [0.1, 0.15) is 12.9 Å². The number of carbonyl (C=O) groups is 2. The molecule has 3 nitrogen and oxygen atoms in total. The Hall–Kier alpha value is -1.90. The molecule has 0 spiro atoms. The SMILES string of the molecule is CC(=O)OC/C(=C\C=O)CC/C=C(\C)CC/C=C(\C)CCC=C(C)C. The maximum absolute atomic E-state index is 10.8. The predicted octanol–water partition coefficient (Wildman–Crippen LogP) is 5.87. The maximum atomic E-state index is 10.8. The summed E-state index contributed by atoms with van der Waals surface area (Å²) in [6, 6.07) is 0. The Morgan fingerprint density at radius 3 is 1.80 bits per heavy atom. The minimum absolute atomic E-state index is 0.203. The van der Waals surface area contributed by atoms with Crippen LogP contribution < -0.4 is 0 Å². The molecule has 0 aliphatic carbocycles. The van der Waals surface area contributed by atoms with E-state index in [4.69, 9.17) is 4.74 Å². The van der Waals surface area contributed by atoms with Gasteiger partial charge >= 0.3 is 5.97 Å². The van der Waals surface area contributed by atoms with Crippen molar-refractivity contribution in [3.8, 4) is 0 Å². The summed E-state index contributed by atoms with van der Waals surface area (Å²) in [5.74, 6) is -0.324. The molecular formula is C22H34O3. The summed E-state index contributed by atoms with van der Waals surface area (Å²) < 4.78 is 4.95. The van der Waals surface area contributed by atoms with Gasteiger partial charge in [0.05, 0.1) is 0 Å². The van der Waals surface area contributed by atoms with E-state index < -0.39 is 0 Å². The van der Waals surface area contributed by atoms with Gasteiger partial charge in [-0.2, -0.15) is 0 Å². The number of hydrogen-bond acceptors (Lipinski definition) is 3. The summed E-state index contributed by atoms with van der Waals surface area (Å²) in [4.78, 5) is 21.5. The molecule has 0 radical (unpaired) electrons. The van der Waals surface area contributed by atoms with Gasteiger partial charge < -0.3 is 4.74 Å². The van der Waals surface area contributed by atoms with Crippen LogP contribution in [0, 0.1) is 0 Å². The molecular weight excluding hydrogens is 312 g/mol. The van der Waals surface area contributed by atoms with Crippen LogP contribution in [-0.2, 0) is 14.3 Å². The molecule has 0 rings (SSSR count). The van der Waals surface area contributed by atoms with Gasteiger partial charge in [-0.3, -0.25) is 9.59 Å². The quantitative estimate of drug-likeness (QED) is 0.192. The molecule has 140 valence electrons. The zero-order valence-corrected chi connectivity index (χ0v) is 16.6. The van der Waals surface area contributed by atoms with E-state index in [-0.39, 0.29) is 12.6 Å². The Morgan fingerprint density at radius 1 is 0.800 bits per heavy atom. The lowest BCUT2D eigenvalue weighted by Gasteiger charge is -2.06. The largest absolute Gasteiger partial charge is 0.461 e. The highest BCUT2D eigenvalue weighted by Crippen LogP contribution is 2.13. The first-order chi connectivity index (χ1) is 11.8. The van der Waals surface area contributed by atoms with Crippen molar-refractivity contribution in [2.24, 2.45) is 0 Å². The van der Waals surface area contributed by atoms with Crippen LogP contribution in [0.3, 0.4) is 0 Å². The molecule has 0 aliphatic heterocycles. The minimum atomic E-state index is -0.324. The highest BCUT2D eigenvalue weighted by Gasteiger charge is 2.00. The monoisotopic (exact) mass is 346 g/mol. The topological polar surface area (TPSA) is 43.4 Å². The predicted molar refractivity (Wildman–Crippen MR) is 105 cm³/mol. The number of carbonyl (C=O) groups excluding carboxylic acids is 2. The van der Waals surface area contributed by atoms with Crippen LogP contribution in [-0.4, -0.2) is 18.9 Å². The first-order valence-electron chi connectivity index (χ1n) is 9.06. The standard InChI is InChI=1S/C22H34O3/c1-18(2)9-6-10-19(3)11-7-12-20(4)13-8-14-22(15-16-23)17-25-21(5)24/h9,11,13,15-16H,6-8,10,12,14,17H2,1-5H3/b19-11+,20-13+,22-15-. The smallest absolute Gasteiger partial charge is 0.302 e. The zero-order chi connectivity index (χ0) is 19.1. The van der Waals surface area contributed by atoms with Gasteiger partial charge in [-0.15, -0.1) is 0 Å². The maximum Gasteiger partial charge on any atom is 0.302 e. The summed E-state index contributed by atoms with van der Waals surface area (Å²) in [6.45, 7) is 10.2. The van der Waals surface area contributed by atoms with Gasteiger partial charge in [0.25, 0.3) is 0 Å². The molecule has 0 aromatic heterocycles. The molecule has 0 aromatic carbocycles. The van der Waals surface area contributed by atoms with E-state index in [2.05, 4.69) is 45.9 Å². The lowest BCUT2D eigenvalue weighted by atomic mass is 10.0. The fourth-order valence-electron chi connectivity index (χ4n) is 2.34. The summed E-state index contributed by atoms with van der Waals surface area (Å²) in [6.07, 6.45) is 15.0. The normalized spacial score (nSPS) is 12.8. The molecule has 0 aromatic rings. The fraction of sp³-hybridized carbons (Fsp3) is 0.545. The minimum Gasteiger partial charge on any atom is -0.461 e. The number of esters is 1. The summed E-state index contributed by atoms with van der Waals surface area (Å²) in [7, 11) is 0. The van der Waals surface area contributed by atoms with Crippen LogP contribution >= 0.6 is 0 Å². The van der Waals surface area contributed by atoms with Gasteiger partial charge in [-0.25, -0.2) is 0 Å². The lowest BCUT2D eigenvalue weighted by Crippen LogP contribution is -2.03. The zero-order valence-electron chi connectivity index (χ0n) is 16.6. The first-order valence-corrected chi connectivity index (χ1v) is 9.06. The van der Waals surface area contributed by atoms with Crippen molar-refractivity contribution in [2.45, 2.75) is 73.1 Å². The van der Waals surface area contributed by atoms with Gasteiger partial charge in [0.2, 0.25) is 0 Å². The van der Waals surface area contributed by atoms with Crippen molar-refractivity contribution in [1.82, 2.24) is 0 Å². The summed E-state index contributed by atoms with van der Waals surface area (Å²) in [5.41, 5.74) is 5.03. The molecule has 0 fully saturated rings. The summed E-state index contributed by atoms with van der Waals surface area (Å²) >= 11 is 0. The second-order valence-electron chi connectivity index (χ2n) is 6.74. The van der Waals surface area contributed by atoms with E-state index in [0.29, 0.717) is 0 Å². The molecule has 0 N–H and O–H groups in total. The number of allylic oxidation sites excluding steroid dienone is 7.